The zero-order chi connectivity index (χ0) is 9.42. The first kappa shape index (κ1) is 7.91. The minimum Gasteiger partial charge on any atom is -0.507 e. The normalized spacial score (nSPS) is 13.8. The SMILES string of the molecule is COc1cc(O)c2c(c1)C(=O)OC2. The number of cyclic esters (lactones) is 1. The molecule has 1 N–H and O–H groups in total. The number of carbonyl (C=O) groups excluding carboxylic acids is 1. The molecule has 0 radical (unpaired) electrons. The van der Waals surface area contributed by atoms with Crippen LogP contribution in [0.15, 0.2) is 12.1 Å². The smallest absolute Gasteiger partial charge is 0.339 e. The number of hydrogen-bond acceptors (Lipinski definition) is 4. The molecule has 0 aliphatic carbocycles. The zero-order valence-electron chi connectivity index (χ0n) is 7.03. The van der Waals surface area contributed by atoms with E-state index >= 15 is 0 Å². The highest BCUT2D eigenvalue weighted by Gasteiger charge is 2.25. The van der Waals surface area contributed by atoms with E-state index in [1.165, 1.54) is 13.2 Å². The number of phenols is 1. The van der Waals surface area contributed by atoms with Gasteiger partial charge in [0.2, 0.25) is 0 Å². The lowest BCUT2D eigenvalue weighted by atomic mass is 10.1. The van der Waals surface area contributed by atoms with Gasteiger partial charge in [0, 0.05) is 11.6 Å². The van der Waals surface area contributed by atoms with Crippen molar-refractivity contribution in [3.05, 3.63) is 23.3 Å². The van der Waals surface area contributed by atoms with Gasteiger partial charge in [0.1, 0.15) is 18.1 Å². The topological polar surface area (TPSA) is 55.8 Å². The maximum absolute atomic E-state index is 11.1. The van der Waals surface area contributed by atoms with E-state index in [-0.39, 0.29) is 12.4 Å². The average molecular weight is 180 g/mol. The zero-order valence-corrected chi connectivity index (χ0v) is 7.03. The van der Waals surface area contributed by atoms with Gasteiger partial charge in [0.25, 0.3) is 0 Å². The molecule has 1 aliphatic rings. The van der Waals surface area contributed by atoms with E-state index in [4.69, 9.17) is 9.47 Å². The lowest BCUT2D eigenvalue weighted by molar-refractivity contribution is 0.0534. The van der Waals surface area contributed by atoms with Crippen LogP contribution in [-0.4, -0.2) is 18.2 Å². The molecule has 0 unspecified atom stereocenters. The Labute approximate surface area is 74.7 Å². The van der Waals surface area contributed by atoms with E-state index in [1.54, 1.807) is 6.07 Å². The van der Waals surface area contributed by atoms with E-state index in [0.29, 0.717) is 16.9 Å². The van der Waals surface area contributed by atoms with Gasteiger partial charge in [0.05, 0.1) is 12.7 Å². The minimum absolute atomic E-state index is 0.0419. The fourth-order valence-corrected chi connectivity index (χ4v) is 1.30. The predicted octanol–water partition coefficient (Wildman–Crippen LogP) is 1.07. The highest BCUT2D eigenvalue weighted by molar-refractivity contribution is 5.94. The number of aromatic hydroxyl groups is 1. The van der Waals surface area contributed by atoms with Crippen molar-refractivity contribution in [1.29, 1.82) is 0 Å². The minimum atomic E-state index is -0.413. The maximum Gasteiger partial charge on any atom is 0.339 e. The number of ether oxygens (including phenoxy) is 2. The number of rotatable bonds is 1. The average Bonchev–Trinajstić information content (AvgIpc) is 2.48. The fraction of sp³-hybridized carbons (Fsp3) is 0.222. The van der Waals surface area contributed by atoms with Crippen molar-refractivity contribution in [2.75, 3.05) is 7.11 Å². The van der Waals surface area contributed by atoms with Crippen LogP contribution in [0.1, 0.15) is 15.9 Å². The summed E-state index contributed by atoms with van der Waals surface area (Å²) in [6, 6.07) is 3.02. The van der Waals surface area contributed by atoms with Crippen molar-refractivity contribution < 1.29 is 19.4 Å². The summed E-state index contributed by atoms with van der Waals surface area (Å²) in [6.45, 7) is 0.143. The van der Waals surface area contributed by atoms with Crippen LogP contribution in [0.3, 0.4) is 0 Å². The molecule has 4 nitrogen and oxygen atoms in total. The van der Waals surface area contributed by atoms with E-state index in [1.807, 2.05) is 0 Å². The van der Waals surface area contributed by atoms with Gasteiger partial charge in [-0.1, -0.05) is 0 Å². The molecule has 0 atom stereocenters. The van der Waals surface area contributed by atoms with Gasteiger partial charge in [-0.3, -0.25) is 0 Å². The summed E-state index contributed by atoms with van der Waals surface area (Å²) in [5.41, 5.74) is 0.919. The molecule has 1 aromatic rings. The van der Waals surface area contributed by atoms with E-state index in [0.717, 1.165) is 0 Å². The van der Waals surface area contributed by atoms with E-state index < -0.39 is 5.97 Å². The van der Waals surface area contributed by atoms with Crippen LogP contribution in [0.4, 0.5) is 0 Å². The van der Waals surface area contributed by atoms with E-state index in [9.17, 15) is 9.90 Å². The Morgan fingerprint density at radius 3 is 3.00 bits per heavy atom. The van der Waals surface area contributed by atoms with Gasteiger partial charge >= 0.3 is 5.97 Å². The molecule has 1 heterocycles. The quantitative estimate of drug-likeness (QED) is 0.657. The molecule has 1 aliphatic heterocycles. The molecule has 0 saturated heterocycles. The number of benzene rings is 1. The van der Waals surface area contributed by atoms with Gasteiger partial charge in [-0.15, -0.1) is 0 Å². The van der Waals surface area contributed by atoms with Crippen molar-refractivity contribution in [1.82, 2.24) is 0 Å². The molecular weight excluding hydrogens is 172 g/mol. The van der Waals surface area contributed by atoms with Crippen LogP contribution in [0.25, 0.3) is 0 Å². The Balaban J connectivity index is 2.60. The standard InChI is InChI=1S/C9H8O4/c1-12-5-2-6-7(8(10)3-5)4-13-9(6)11/h2-3,10H,4H2,1H3. The molecule has 0 amide bonds. The van der Waals surface area contributed by atoms with Crippen molar-refractivity contribution >= 4 is 5.97 Å². The van der Waals surface area contributed by atoms with Crippen molar-refractivity contribution in [3.63, 3.8) is 0 Å². The van der Waals surface area contributed by atoms with Gasteiger partial charge in [-0.05, 0) is 6.07 Å². The first-order valence-corrected chi connectivity index (χ1v) is 3.79. The van der Waals surface area contributed by atoms with Crippen LogP contribution in [0, 0.1) is 0 Å². The highest BCUT2D eigenvalue weighted by atomic mass is 16.5. The maximum atomic E-state index is 11.1. The largest absolute Gasteiger partial charge is 0.507 e. The first-order valence-electron chi connectivity index (χ1n) is 3.79. The molecule has 0 aromatic heterocycles. The third-order valence-electron chi connectivity index (χ3n) is 2.00. The van der Waals surface area contributed by atoms with Gasteiger partial charge in [-0.25, -0.2) is 4.79 Å². The van der Waals surface area contributed by atoms with E-state index in [2.05, 4.69) is 0 Å². The molecule has 1 aromatic carbocycles. The number of phenolic OH excluding ortho intramolecular Hbond substituents is 1. The molecular formula is C9H8O4. The second-order valence-corrected chi connectivity index (χ2v) is 2.75. The summed E-state index contributed by atoms with van der Waals surface area (Å²) in [7, 11) is 1.47. The monoisotopic (exact) mass is 180 g/mol. The van der Waals surface area contributed by atoms with Crippen LogP contribution in [-0.2, 0) is 11.3 Å². The summed E-state index contributed by atoms with van der Waals surface area (Å²) < 4.78 is 9.65. The summed E-state index contributed by atoms with van der Waals surface area (Å²) in [4.78, 5) is 11.1. The molecule has 0 fully saturated rings. The number of fused-ring (bicyclic) bond motifs is 1. The molecule has 68 valence electrons. The summed E-state index contributed by atoms with van der Waals surface area (Å²) in [5.74, 6) is 0.0829. The predicted molar refractivity (Wildman–Crippen MR) is 43.8 cm³/mol. The van der Waals surface area contributed by atoms with Crippen molar-refractivity contribution in [3.8, 4) is 11.5 Å². The Kier molecular flexibility index (Phi) is 1.62. The number of carbonyl (C=O) groups is 1. The fourth-order valence-electron chi connectivity index (χ4n) is 1.30. The van der Waals surface area contributed by atoms with Gasteiger partial charge in [-0.2, -0.15) is 0 Å². The second kappa shape index (κ2) is 2.65. The molecule has 4 heteroatoms. The Morgan fingerprint density at radius 1 is 1.54 bits per heavy atom. The molecule has 0 spiro atoms. The summed E-state index contributed by atoms with van der Waals surface area (Å²) in [6.07, 6.45) is 0. The Bertz CT molecular complexity index is 370. The van der Waals surface area contributed by atoms with Crippen molar-refractivity contribution in [2.45, 2.75) is 6.61 Å². The van der Waals surface area contributed by atoms with Crippen LogP contribution >= 0.6 is 0 Å². The van der Waals surface area contributed by atoms with Crippen molar-refractivity contribution in [2.24, 2.45) is 0 Å². The second-order valence-electron chi connectivity index (χ2n) is 2.75. The molecule has 0 bridgehead atoms. The first-order chi connectivity index (χ1) is 6.22. The van der Waals surface area contributed by atoms with Crippen LogP contribution in [0.2, 0.25) is 0 Å². The van der Waals surface area contributed by atoms with Gasteiger partial charge in [0.15, 0.2) is 0 Å². The number of esters is 1. The molecule has 2 rings (SSSR count). The Hall–Kier alpha value is -1.71. The molecule has 13 heavy (non-hydrogen) atoms. The van der Waals surface area contributed by atoms with Crippen LogP contribution < -0.4 is 4.74 Å². The summed E-state index contributed by atoms with van der Waals surface area (Å²) in [5, 5.41) is 9.45. The number of hydrogen-bond donors (Lipinski definition) is 1. The Morgan fingerprint density at radius 2 is 2.31 bits per heavy atom. The highest BCUT2D eigenvalue weighted by Crippen LogP contribution is 2.32. The third kappa shape index (κ3) is 1.11. The van der Waals surface area contributed by atoms with Crippen LogP contribution in [0.5, 0.6) is 11.5 Å². The number of methoxy groups -OCH3 is 1. The third-order valence-corrected chi connectivity index (χ3v) is 2.00. The molecule has 0 saturated carbocycles. The van der Waals surface area contributed by atoms with Gasteiger partial charge < -0.3 is 14.6 Å². The lowest BCUT2D eigenvalue weighted by Crippen LogP contribution is -1.94. The summed E-state index contributed by atoms with van der Waals surface area (Å²) >= 11 is 0. The lowest BCUT2D eigenvalue weighted by Gasteiger charge is -2.02.